The normalized spacial score (nSPS) is 14.7. The summed E-state index contributed by atoms with van der Waals surface area (Å²) >= 11 is 0. The van der Waals surface area contributed by atoms with E-state index in [1.807, 2.05) is 0 Å². The molecule has 0 unspecified atom stereocenters. The molecule has 0 radical (unpaired) electrons. The lowest BCUT2D eigenvalue weighted by molar-refractivity contribution is 0.130. The number of benzene rings is 1. The lowest BCUT2D eigenvalue weighted by Crippen LogP contribution is -2.09. The quantitative estimate of drug-likeness (QED) is 0.617. The van der Waals surface area contributed by atoms with Gasteiger partial charge in [-0.25, -0.2) is 4.39 Å². The zero-order chi connectivity index (χ0) is 18.5. The summed E-state index contributed by atoms with van der Waals surface area (Å²) in [6.07, 6.45) is 9.00. The molecule has 1 aromatic carbocycles. The Kier molecular flexibility index (Phi) is 5.58. The fourth-order valence-electron chi connectivity index (χ4n) is 3.03. The van der Waals surface area contributed by atoms with E-state index in [4.69, 9.17) is 10.8 Å². The molecule has 4 N–H and O–H groups in total. The van der Waals surface area contributed by atoms with Crippen molar-refractivity contribution in [2.24, 2.45) is 0 Å². The molecule has 0 saturated heterocycles. The second kappa shape index (κ2) is 8.05. The summed E-state index contributed by atoms with van der Waals surface area (Å²) in [5, 5.41) is 27.6. The summed E-state index contributed by atoms with van der Waals surface area (Å²) in [5.41, 5.74) is 5.95. The smallest absolute Gasteiger partial charge is 0.155 e. The van der Waals surface area contributed by atoms with Crippen LogP contribution in [0.2, 0.25) is 0 Å². The Hall–Kier alpha value is -2.80. The number of nitrogens with zero attached hydrogens (tertiary/aromatic N) is 3. The van der Waals surface area contributed by atoms with E-state index in [1.54, 1.807) is 12.3 Å². The van der Waals surface area contributed by atoms with Crippen molar-refractivity contribution in [2.75, 3.05) is 5.73 Å². The molecule has 0 aliphatic heterocycles. The fraction of sp³-hybridized carbons (Fsp3) is 0.316. The number of aliphatic hydroxyl groups excluding tert-OH is 1. The Morgan fingerprint density at radius 2 is 1.81 bits per heavy atom. The van der Waals surface area contributed by atoms with E-state index in [-0.39, 0.29) is 28.9 Å². The van der Waals surface area contributed by atoms with Crippen LogP contribution < -0.4 is 5.73 Å². The number of halogens is 1. The van der Waals surface area contributed by atoms with Gasteiger partial charge in [-0.05, 0) is 31.0 Å². The summed E-state index contributed by atoms with van der Waals surface area (Å²) in [5.74, 6) is -0.558. The van der Waals surface area contributed by atoms with Crippen LogP contribution in [0.5, 0.6) is 5.75 Å². The van der Waals surface area contributed by atoms with Gasteiger partial charge in [-0.15, -0.1) is 10.2 Å². The van der Waals surface area contributed by atoms with Crippen LogP contribution in [0, 0.1) is 5.82 Å². The fourth-order valence-corrected chi connectivity index (χ4v) is 3.03. The third kappa shape index (κ3) is 3.88. The second-order valence-electron chi connectivity index (χ2n) is 6.28. The third-order valence-electron chi connectivity index (χ3n) is 4.41. The molecule has 7 heteroatoms. The molecule has 6 nitrogen and oxygen atoms in total. The molecule has 1 saturated carbocycles. The van der Waals surface area contributed by atoms with Crippen molar-refractivity contribution in [1.29, 1.82) is 0 Å². The van der Waals surface area contributed by atoms with Crippen LogP contribution in [0.25, 0.3) is 22.0 Å². The highest BCUT2D eigenvalue weighted by Crippen LogP contribution is 2.35. The molecular weight excluding hydrogens is 335 g/mol. The summed E-state index contributed by atoms with van der Waals surface area (Å²) in [4.78, 5) is 3.95. The number of hydrogen-bond acceptors (Lipinski definition) is 6. The predicted octanol–water partition coefficient (Wildman–Crippen LogP) is 3.43. The van der Waals surface area contributed by atoms with E-state index in [9.17, 15) is 9.50 Å². The van der Waals surface area contributed by atoms with Crippen LogP contribution in [0.4, 0.5) is 10.2 Å². The molecule has 2 heterocycles. The van der Waals surface area contributed by atoms with Crippen molar-refractivity contribution in [3.05, 3.63) is 42.5 Å². The number of phenolic OH excluding ortho intramolecular Hbond substituents is 1. The van der Waals surface area contributed by atoms with Crippen molar-refractivity contribution < 1.29 is 14.6 Å². The van der Waals surface area contributed by atoms with Gasteiger partial charge in [-0.2, -0.15) is 0 Å². The largest absolute Gasteiger partial charge is 0.507 e. The lowest BCUT2D eigenvalue weighted by Gasteiger charge is -2.14. The summed E-state index contributed by atoms with van der Waals surface area (Å²) in [6, 6.07) is 5.72. The first-order valence-electron chi connectivity index (χ1n) is 8.59. The van der Waals surface area contributed by atoms with Crippen molar-refractivity contribution in [2.45, 2.75) is 38.2 Å². The van der Waals surface area contributed by atoms with E-state index in [0.717, 1.165) is 12.8 Å². The van der Waals surface area contributed by atoms with Gasteiger partial charge in [-0.1, -0.05) is 25.3 Å². The third-order valence-corrected chi connectivity index (χ3v) is 4.41. The van der Waals surface area contributed by atoms with Crippen LogP contribution in [0.15, 0.2) is 36.7 Å². The number of aromatic hydroxyl groups is 1. The monoisotopic (exact) mass is 356 g/mol. The average molecular weight is 356 g/mol. The maximum Gasteiger partial charge on any atom is 0.155 e. The molecule has 4 rings (SSSR count). The van der Waals surface area contributed by atoms with Crippen molar-refractivity contribution in [3.8, 4) is 17.0 Å². The number of fused-ring (bicyclic) bond motifs is 1. The molecule has 1 aliphatic carbocycles. The van der Waals surface area contributed by atoms with Gasteiger partial charge >= 0.3 is 0 Å². The summed E-state index contributed by atoms with van der Waals surface area (Å²) < 4.78 is 13.9. The molecule has 1 fully saturated rings. The Morgan fingerprint density at radius 1 is 1.04 bits per heavy atom. The van der Waals surface area contributed by atoms with Crippen LogP contribution >= 0.6 is 0 Å². The SMILES string of the molecule is Nc1nnc(-c2c(O)cccc2F)c2ccncc12.OC1CCCCC1. The predicted molar refractivity (Wildman–Crippen MR) is 97.9 cm³/mol. The number of hydrogen-bond donors (Lipinski definition) is 3. The minimum absolute atomic E-state index is 0.00574. The number of aromatic nitrogens is 3. The van der Waals surface area contributed by atoms with Crippen LogP contribution in [0.3, 0.4) is 0 Å². The molecule has 0 amide bonds. The minimum atomic E-state index is -0.572. The lowest BCUT2D eigenvalue weighted by atomic mass is 9.98. The minimum Gasteiger partial charge on any atom is -0.507 e. The summed E-state index contributed by atoms with van der Waals surface area (Å²) in [7, 11) is 0. The van der Waals surface area contributed by atoms with Gasteiger partial charge in [0.25, 0.3) is 0 Å². The first-order valence-corrected chi connectivity index (χ1v) is 8.59. The Morgan fingerprint density at radius 3 is 2.46 bits per heavy atom. The zero-order valence-electron chi connectivity index (χ0n) is 14.3. The van der Waals surface area contributed by atoms with Crippen LogP contribution in [-0.2, 0) is 0 Å². The maximum atomic E-state index is 13.9. The molecule has 136 valence electrons. The van der Waals surface area contributed by atoms with Gasteiger partial charge in [0.2, 0.25) is 0 Å². The number of aliphatic hydroxyl groups is 1. The Labute approximate surface area is 150 Å². The number of rotatable bonds is 1. The van der Waals surface area contributed by atoms with Crippen LogP contribution in [-0.4, -0.2) is 31.5 Å². The topological polar surface area (TPSA) is 105 Å². The highest BCUT2D eigenvalue weighted by Gasteiger charge is 2.16. The first kappa shape index (κ1) is 18.0. The van der Waals surface area contributed by atoms with E-state index < -0.39 is 5.82 Å². The molecule has 0 spiro atoms. The Balaban J connectivity index is 0.000000236. The molecule has 3 aromatic rings. The van der Waals surface area contributed by atoms with Crippen molar-refractivity contribution in [3.63, 3.8) is 0 Å². The standard InChI is InChI=1S/C13H9FN4O.C6H12O/c14-9-2-1-3-10(19)11(9)12-7-4-5-16-6-8(7)13(15)18-17-12;7-6-4-2-1-3-5-6/h1-6,19H,(H2,15,18);6-7H,1-5H2. The average Bonchev–Trinajstić information content (AvgIpc) is 2.65. The summed E-state index contributed by atoms with van der Waals surface area (Å²) in [6.45, 7) is 0. The Bertz CT molecular complexity index is 878. The van der Waals surface area contributed by atoms with Gasteiger partial charge in [0.1, 0.15) is 17.3 Å². The van der Waals surface area contributed by atoms with Crippen LogP contribution in [0.1, 0.15) is 32.1 Å². The number of pyridine rings is 1. The molecule has 0 atom stereocenters. The number of anilines is 1. The highest BCUT2D eigenvalue weighted by molar-refractivity contribution is 5.99. The van der Waals surface area contributed by atoms with E-state index >= 15 is 0 Å². The zero-order valence-corrected chi connectivity index (χ0v) is 14.3. The van der Waals surface area contributed by atoms with Gasteiger partial charge in [0.15, 0.2) is 5.82 Å². The number of nitrogen functional groups attached to an aromatic ring is 1. The maximum absolute atomic E-state index is 13.9. The van der Waals surface area contributed by atoms with Gasteiger partial charge < -0.3 is 15.9 Å². The second-order valence-corrected chi connectivity index (χ2v) is 6.28. The van der Waals surface area contributed by atoms with Gasteiger partial charge in [0.05, 0.1) is 11.7 Å². The number of nitrogens with two attached hydrogens (primary N) is 1. The van der Waals surface area contributed by atoms with Crippen molar-refractivity contribution in [1.82, 2.24) is 15.2 Å². The highest BCUT2D eigenvalue weighted by atomic mass is 19.1. The van der Waals surface area contributed by atoms with E-state index in [0.29, 0.717) is 10.8 Å². The number of phenols is 1. The molecule has 0 bridgehead atoms. The van der Waals surface area contributed by atoms with Gasteiger partial charge in [-0.3, -0.25) is 4.98 Å². The van der Waals surface area contributed by atoms with Gasteiger partial charge in [0, 0.05) is 23.2 Å². The molecule has 2 aromatic heterocycles. The molecule has 26 heavy (non-hydrogen) atoms. The molecular formula is C19H21FN4O2. The first-order chi connectivity index (χ1) is 12.6. The molecule has 1 aliphatic rings. The van der Waals surface area contributed by atoms with Crippen molar-refractivity contribution >= 4 is 16.6 Å². The van der Waals surface area contributed by atoms with E-state index in [1.165, 1.54) is 43.7 Å². The van der Waals surface area contributed by atoms with E-state index in [2.05, 4.69) is 15.2 Å².